The molecule has 0 amide bonds. The number of fused-ring (bicyclic) bond motifs is 1. The second-order valence-corrected chi connectivity index (χ2v) is 7.07. The Bertz CT molecular complexity index is 646. The lowest BCUT2D eigenvalue weighted by Gasteiger charge is -2.27. The molecule has 2 aromatic rings. The number of hydrogen-bond donors (Lipinski definition) is 1. The highest BCUT2D eigenvalue weighted by Gasteiger charge is 2.20. The Morgan fingerprint density at radius 1 is 1.39 bits per heavy atom. The van der Waals surface area contributed by atoms with Crippen LogP contribution in [-0.2, 0) is 22.3 Å². The van der Waals surface area contributed by atoms with Crippen LogP contribution >= 0.6 is 15.9 Å². The van der Waals surface area contributed by atoms with Crippen LogP contribution in [0.4, 0.5) is 0 Å². The average Bonchev–Trinajstić information content (AvgIpc) is 2.91. The van der Waals surface area contributed by atoms with E-state index in [1.807, 2.05) is 0 Å². The molecule has 1 aliphatic heterocycles. The van der Waals surface area contributed by atoms with Gasteiger partial charge in [-0.05, 0) is 44.2 Å². The number of aromatic nitrogens is 1. The molecule has 1 aromatic heterocycles. The first-order chi connectivity index (χ1) is 11.2. The molecule has 1 fully saturated rings. The lowest BCUT2D eigenvalue weighted by atomic mass is 10.0. The number of aryl methyl sites for hydroxylation is 2. The third-order valence-corrected chi connectivity index (χ3v) is 5.37. The summed E-state index contributed by atoms with van der Waals surface area (Å²) < 4.78 is 11.8. The third kappa shape index (κ3) is 3.98. The highest BCUT2D eigenvalue weighted by atomic mass is 79.9. The molecule has 0 bridgehead atoms. The topological polar surface area (TPSA) is 34.2 Å². The van der Waals surface area contributed by atoms with Gasteiger partial charge in [-0.25, -0.2) is 0 Å². The van der Waals surface area contributed by atoms with Crippen molar-refractivity contribution in [2.24, 2.45) is 0 Å². The van der Waals surface area contributed by atoms with Gasteiger partial charge in [0.2, 0.25) is 0 Å². The fourth-order valence-corrected chi connectivity index (χ4v) is 3.81. The van der Waals surface area contributed by atoms with Crippen molar-refractivity contribution in [2.75, 3.05) is 18.5 Å². The Morgan fingerprint density at radius 3 is 2.96 bits per heavy atom. The van der Waals surface area contributed by atoms with Gasteiger partial charge in [0.15, 0.2) is 0 Å². The summed E-state index contributed by atoms with van der Waals surface area (Å²) >= 11 is 3.61. The van der Waals surface area contributed by atoms with E-state index in [4.69, 9.17) is 9.47 Å². The molecule has 2 atom stereocenters. The highest BCUT2D eigenvalue weighted by Crippen LogP contribution is 2.25. The summed E-state index contributed by atoms with van der Waals surface area (Å²) in [5.74, 6) is 0. The molecule has 2 heterocycles. The number of ether oxygens (including phenoxy) is 2. The summed E-state index contributed by atoms with van der Waals surface area (Å²) in [7, 11) is 0. The SMILES string of the molecule is CCc1[nH]c(C)c2ccc(CC(CBr)OC3CCCOC3)cc12. The van der Waals surface area contributed by atoms with E-state index in [1.165, 1.54) is 27.7 Å². The number of benzene rings is 1. The number of halogens is 1. The molecule has 126 valence electrons. The number of alkyl halides is 1. The van der Waals surface area contributed by atoms with Gasteiger partial charge in [0.05, 0.1) is 18.8 Å². The van der Waals surface area contributed by atoms with Crippen LogP contribution in [0.1, 0.15) is 36.7 Å². The van der Waals surface area contributed by atoms with Crippen molar-refractivity contribution < 1.29 is 9.47 Å². The molecule has 4 heteroatoms. The summed E-state index contributed by atoms with van der Waals surface area (Å²) in [6.07, 6.45) is 4.63. The summed E-state index contributed by atoms with van der Waals surface area (Å²) in [6.45, 7) is 5.96. The first-order valence-corrected chi connectivity index (χ1v) is 9.72. The van der Waals surface area contributed by atoms with Crippen LogP contribution in [-0.4, -0.2) is 35.7 Å². The van der Waals surface area contributed by atoms with Crippen LogP contribution in [0.5, 0.6) is 0 Å². The summed E-state index contributed by atoms with van der Waals surface area (Å²) in [5.41, 5.74) is 3.93. The molecular formula is C19H26BrNO2. The molecular weight excluding hydrogens is 354 g/mol. The van der Waals surface area contributed by atoms with Gasteiger partial charge in [0.1, 0.15) is 0 Å². The fraction of sp³-hybridized carbons (Fsp3) is 0.579. The summed E-state index contributed by atoms with van der Waals surface area (Å²) in [5, 5.41) is 3.55. The second-order valence-electron chi connectivity index (χ2n) is 6.42. The molecule has 3 nitrogen and oxygen atoms in total. The van der Waals surface area contributed by atoms with Crippen LogP contribution in [0.2, 0.25) is 0 Å². The maximum atomic E-state index is 6.24. The van der Waals surface area contributed by atoms with E-state index < -0.39 is 0 Å². The zero-order chi connectivity index (χ0) is 16.2. The lowest BCUT2D eigenvalue weighted by Crippen LogP contribution is -2.31. The number of nitrogens with one attached hydrogen (secondary N) is 1. The number of hydrogen-bond acceptors (Lipinski definition) is 2. The van der Waals surface area contributed by atoms with E-state index in [9.17, 15) is 0 Å². The predicted molar refractivity (Wildman–Crippen MR) is 98.6 cm³/mol. The predicted octanol–water partition coefficient (Wildman–Crippen LogP) is 4.54. The van der Waals surface area contributed by atoms with E-state index in [1.54, 1.807) is 0 Å². The van der Waals surface area contributed by atoms with Crippen molar-refractivity contribution in [3.8, 4) is 0 Å². The largest absolute Gasteiger partial charge is 0.379 e. The molecule has 23 heavy (non-hydrogen) atoms. The molecule has 0 aliphatic carbocycles. The number of rotatable bonds is 6. The zero-order valence-electron chi connectivity index (χ0n) is 14.0. The average molecular weight is 380 g/mol. The van der Waals surface area contributed by atoms with Gasteiger partial charge in [0, 0.05) is 34.1 Å². The molecule has 1 N–H and O–H groups in total. The van der Waals surface area contributed by atoms with E-state index in [0.29, 0.717) is 0 Å². The first kappa shape index (κ1) is 17.0. The Morgan fingerprint density at radius 2 is 2.26 bits per heavy atom. The number of H-pyrrole nitrogens is 1. The van der Waals surface area contributed by atoms with E-state index in [-0.39, 0.29) is 12.2 Å². The lowest BCUT2D eigenvalue weighted by molar-refractivity contribution is -0.0761. The molecule has 0 spiro atoms. The van der Waals surface area contributed by atoms with Crippen molar-refractivity contribution in [3.63, 3.8) is 0 Å². The van der Waals surface area contributed by atoms with E-state index in [0.717, 1.165) is 44.2 Å². The van der Waals surface area contributed by atoms with Crippen LogP contribution in [0, 0.1) is 6.92 Å². The summed E-state index contributed by atoms with van der Waals surface area (Å²) in [4.78, 5) is 3.51. The Kier molecular flexibility index (Phi) is 5.78. The molecule has 2 unspecified atom stereocenters. The standard InChI is InChI=1S/C19H26BrNO2/c1-3-19-18-10-14(6-7-17(18)13(2)21-19)9-16(11-20)23-15-5-4-8-22-12-15/h6-7,10,15-16,21H,3-5,8-9,11-12H2,1-2H3. The molecule has 1 saturated heterocycles. The van der Waals surface area contributed by atoms with E-state index >= 15 is 0 Å². The molecule has 0 radical (unpaired) electrons. The minimum absolute atomic E-state index is 0.198. The second kappa shape index (κ2) is 7.82. The monoisotopic (exact) mass is 379 g/mol. The Balaban J connectivity index is 1.73. The summed E-state index contributed by atoms with van der Waals surface area (Å²) in [6, 6.07) is 6.80. The quantitative estimate of drug-likeness (QED) is 0.747. The van der Waals surface area contributed by atoms with Gasteiger partial charge in [-0.2, -0.15) is 0 Å². The van der Waals surface area contributed by atoms with Gasteiger partial charge in [-0.15, -0.1) is 0 Å². The van der Waals surface area contributed by atoms with Gasteiger partial charge < -0.3 is 14.5 Å². The molecule has 3 rings (SSSR count). The number of aromatic amines is 1. The normalized spacial score (nSPS) is 20.0. The molecule has 1 aliphatic rings. The Hall–Kier alpha value is -0.840. The van der Waals surface area contributed by atoms with Crippen LogP contribution in [0.3, 0.4) is 0 Å². The Labute approximate surface area is 146 Å². The maximum absolute atomic E-state index is 6.24. The minimum Gasteiger partial charge on any atom is -0.379 e. The van der Waals surface area contributed by atoms with Crippen LogP contribution < -0.4 is 0 Å². The van der Waals surface area contributed by atoms with Gasteiger partial charge in [0.25, 0.3) is 0 Å². The van der Waals surface area contributed by atoms with Gasteiger partial charge in [-0.3, -0.25) is 0 Å². The van der Waals surface area contributed by atoms with Crippen LogP contribution in [0.15, 0.2) is 18.2 Å². The van der Waals surface area contributed by atoms with Crippen molar-refractivity contribution >= 4 is 26.7 Å². The van der Waals surface area contributed by atoms with Gasteiger partial charge >= 0.3 is 0 Å². The highest BCUT2D eigenvalue weighted by molar-refractivity contribution is 9.09. The zero-order valence-corrected chi connectivity index (χ0v) is 15.6. The molecule has 1 aromatic carbocycles. The van der Waals surface area contributed by atoms with Crippen LogP contribution in [0.25, 0.3) is 10.8 Å². The fourth-order valence-electron chi connectivity index (χ4n) is 3.43. The van der Waals surface area contributed by atoms with Gasteiger partial charge in [-0.1, -0.05) is 35.0 Å². The maximum Gasteiger partial charge on any atom is 0.0813 e. The van der Waals surface area contributed by atoms with Crippen molar-refractivity contribution in [3.05, 3.63) is 35.2 Å². The van der Waals surface area contributed by atoms with E-state index in [2.05, 4.69) is 53.0 Å². The molecule has 0 saturated carbocycles. The third-order valence-electron chi connectivity index (χ3n) is 4.64. The van der Waals surface area contributed by atoms with Crippen molar-refractivity contribution in [2.45, 2.75) is 51.7 Å². The smallest absolute Gasteiger partial charge is 0.0813 e. The van der Waals surface area contributed by atoms with Crippen molar-refractivity contribution in [1.82, 2.24) is 4.98 Å². The first-order valence-electron chi connectivity index (χ1n) is 8.60. The van der Waals surface area contributed by atoms with Crippen molar-refractivity contribution in [1.29, 1.82) is 0 Å². The minimum atomic E-state index is 0.198.